The molecule has 11 heteroatoms. The number of nitrogens with zero attached hydrogens (tertiary/aromatic N) is 6. The monoisotopic (exact) mass is 704 g/mol. The summed E-state index contributed by atoms with van der Waals surface area (Å²) in [6.07, 6.45) is 4.01. The number of fused-ring (bicyclic) bond motifs is 2. The van der Waals surface area contributed by atoms with Crippen molar-refractivity contribution >= 4 is 29.3 Å². The largest absolute Gasteiger partial charge is 0.492 e. The molecule has 5 aromatic rings. The summed E-state index contributed by atoms with van der Waals surface area (Å²) in [7, 11) is 0. The summed E-state index contributed by atoms with van der Waals surface area (Å²) in [4.78, 5) is 17.1. The Hall–Kier alpha value is -4.61. The van der Waals surface area contributed by atoms with Gasteiger partial charge in [0.15, 0.2) is 5.82 Å². The first-order chi connectivity index (χ1) is 24.7. The van der Waals surface area contributed by atoms with E-state index in [0.29, 0.717) is 12.4 Å². The number of hydrogen-bond acceptors (Lipinski definition) is 7. The van der Waals surface area contributed by atoms with Crippen LogP contribution in [-0.4, -0.2) is 60.9 Å². The molecule has 3 aromatic carbocycles. The molecule has 51 heavy (non-hydrogen) atoms. The Labute approximate surface area is 305 Å². The van der Waals surface area contributed by atoms with E-state index in [0.717, 1.165) is 97.6 Å². The van der Waals surface area contributed by atoms with Crippen LogP contribution in [-0.2, 0) is 31.3 Å². The molecule has 2 amide bonds. The molecule has 2 aromatic heterocycles. The molecule has 1 aliphatic carbocycles. The maximum absolute atomic E-state index is 13.4. The zero-order valence-corrected chi connectivity index (χ0v) is 31.1. The van der Waals surface area contributed by atoms with Gasteiger partial charge in [-0.3, -0.25) is 10.2 Å². The van der Waals surface area contributed by atoms with E-state index < -0.39 is 0 Å². The van der Waals surface area contributed by atoms with Crippen LogP contribution in [0.4, 0.5) is 16.3 Å². The van der Waals surface area contributed by atoms with Crippen LogP contribution >= 0.6 is 11.8 Å². The van der Waals surface area contributed by atoms with E-state index in [1.807, 2.05) is 54.2 Å². The molecule has 0 fully saturated rings. The SMILES string of the molecule is CCCSc1ccccc1-c1nnc2n1CCN(CCOc1ccc(NC(=O)Nc3cc(C(C)(C)C)nn3-c3ccc(C)cc3)c3c1CCC3)C2. The first-order valence-electron chi connectivity index (χ1n) is 18.1. The Bertz CT molecular complexity index is 2010. The van der Waals surface area contributed by atoms with Crippen molar-refractivity contribution in [2.75, 3.05) is 36.1 Å². The van der Waals surface area contributed by atoms with Gasteiger partial charge in [-0.05, 0) is 79.8 Å². The number of ether oxygens (including phenoxy) is 1. The highest BCUT2D eigenvalue weighted by molar-refractivity contribution is 7.99. The van der Waals surface area contributed by atoms with E-state index in [1.54, 1.807) is 4.68 Å². The molecule has 266 valence electrons. The predicted octanol–water partition coefficient (Wildman–Crippen LogP) is 8.27. The predicted molar refractivity (Wildman–Crippen MR) is 205 cm³/mol. The first-order valence-corrected chi connectivity index (χ1v) is 19.1. The molecule has 0 saturated carbocycles. The average molecular weight is 705 g/mol. The highest BCUT2D eigenvalue weighted by Gasteiger charge is 2.26. The first kappa shape index (κ1) is 34.8. The van der Waals surface area contributed by atoms with Gasteiger partial charge < -0.3 is 14.6 Å². The van der Waals surface area contributed by atoms with Crippen molar-refractivity contribution < 1.29 is 9.53 Å². The lowest BCUT2D eigenvalue weighted by atomic mass is 9.92. The van der Waals surface area contributed by atoms with E-state index in [-0.39, 0.29) is 11.4 Å². The maximum Gasteiger partial charge on any atom is 0.324 e. The van der Waals surface area contributed by atoms with Crippen LogP contribution in [0.5, 0.6) is 5.75 Å². The number of rotatable bonds is 11. The normalized spacial score (nSPS) is 14.3. The molecular weight excluding hydrogens is 657 g/mol. The molecule has 1 aliphatic heterocycles. The van der Waals surface area contributed by atoms with Gasteiger partial charge in [0, 0.05) is 47.3 Å². The Morgan fingerprint density at radius 3 is 2.57 bits per heavy atom. The highest BCUT2D eigenvalue weighted by Crippen LogP contribution is 2.37. The molecule has 10 nitrogen and oxygen atoms in total. The standard InChI is InChI=1S/C40H48N8O2S/c1-6-24-51-34-13-8-7-10-31(34)38-44-43-37-26-46(20-21-47(37)38)22-23-50-33-19-18-32(29-11-9-12-30(29)33)41-39(49)42-36-25-35(40(3,4)5)45-48(36)28-16-14-27(2)15-17-28/h7-8,10,13-19,25H,6,9,11-12,20-24,26H2,1-5H3,(H2,41,42,49). The van der Waals surface area contributed by atoms with Crippen LogP contribution < -0.4 is 15.4 Å². The molecule has 0 radical (unpaired) electrons. The zero-order chi connectivity index (χ0) is 35.5. The van der Waals surface area contributed by atoms with Gasteiger partial charge in [-0.25, -0.2) is 9.48 Å². The summed E-state index contributed by atoms with van der Waals surface area (Å²) in [6.45, 7) is 14.5. The molecule has 2 aliphatic rings. The van der Waals surface area contributed by atoms with Crippen LogP contribution in [0.15, 0.2) is 71.6 Å². The van der Waals surface area contributed by atoms with Crippen LogP contribution in [0, 0.1) is 6.92 Å². The average Bonchev–Trinajstić information content (AvgIpc) is 3.88. The Morgan fingerprint density at radius 2 is 1.76 bits per heavy atom. The second-order valence-electron chi connectivity index (χ2n) is 14.5. The number of carbonyl (C=O) groups is 1. The number of carbonyl (C=O) groups excluding carboxylic acids is 1. The smallest absolute Gasteiger partial charge is 0.324 e. The third kappa shape index (κ3) is 7.69. The zero-order valence-electron chi connectivity index (χ0n) is 30.3. The van der Waals surface area contributed by atoms with Crippen LogP contribution in [0.2, 0.25) is 0 Å². The lowest BCUT2D eigenvalue weighted by Gasteiger charge is -2.28. The van der Waals surface area contributed by atoms with Crippen LogP contribution in [0.3, 0.4) is 0 Å². The Kier molecular flexibility index (Phi) is 10.2. The van der Waals surface area contributed by atoms with E-state index in [2.05, 4.69) is 89.2 Å². The summed E-state index contributed by atoms with van der Waals surface area (Å²) in [5.41, 5.74) is 7.13. The number of aromatic nitrogens is 5. The third-order valence-corrected chi connectivity index (χ3v) is 10.9. The van der Waals surface area contributed by atoms with Crippen LogP contribution in [0.25, 0.3) is 17.1 Å². The molecule has 2 N–H and O–H groups in total. The molecule has 0 bridgehead atoms. The molecule has 0 spiro atoms. The third-order valence-electron chi connectivity index (χ3n) is 9.57. The van der Waals surface area contributed by atoms with Gasteiger partial charge in [-0.15, -0.1) is 22.0 Å². The second kappa shape index (κ2) is 14.9. The van der Waals surface area contributed by atoms with E-state index in [9.17, 15) is 4.79 Å². The van der Waals surface area contributed by atoms with E-state index >= 15 is 0 Å². The van der Waals surface area contributed by atoms with E-state index in [1.165, 1.54) is 21.6 Å². The number of hydrogen-bond donors (Lipinski definition) is 2. The van der Waals surface area contributed by atoms with Gasteiger partial charge in [-0.1, -0.05) is 63.6 Å². The van der Waals surface area contributed by atoms with Crippen molar-refractivity contribution in [2.45, 2.75) is 83.7 Å². The second-order valence-corrected chi connectivity index (χ2v) is 15.6. The number of aryl methyl sites for hydroxylation is 1. The lowest BCUT2D eigenvalue weighted by Crippen LogP contribution is -2.36. The quantitative estimate of drug-likeness (QED) is 0.134. The highest BCUT2D eigenvalue weighted by atomic mass is 32.2. The van der Waals surface area contributed by atoms with Gasteiger partial charge in [0.25, 0.3) is 0 Å². The van der Waals surface area contributed by atoms with Crippen molar-refractivity contribution in [2.24, 2.45) is 0 Å². The number of benzene rings is 3. The number of amides is 2. The number of urea groups is 1. The Balaban J connectivity index is 0.980. The molecule has 0 saturated heterocycles. The molecule has 7 rings (SSSR count). The van der Waals surface area contributed by atoms with Crippen molar-refractivity contribution in [3.8, 4) is 22.8 Å². The van der Waals surface area contributed by atoms with Crippen molar-refractivity contribution in [1.29, 1.82) is 0 Å². The minimum absolute atomic E-state index is 0.170. The molecule has 0 unspecified atom stereocenters. The van der Waals surface area contributed by atoms with Crippen molar-refractivity contribution in [3.05, 3.63) is 94.9 Å². The Morgan fingerprint density at radius 1 is 0.961 bits per heavy atom. The topological polar surface area (TPSA) is 102 Å². The fourth-order valence-electron chi connectivity index (χ4n) is 6.79. The molecular formula is C40H48N8O2S. The lowest BCUT2D eigenvalue weighted by molar-refractivity contribution is 0.174. The summed E-state index contributed by atoms with van der Waals surface area (Å²) in [6, 6.07) is 22.3. The number of anilines is 2. The summed E-state index contributed by atoms with van der Waals surface area (Å²) < 4.78 is 10.5. The van der Waals surface area contributed by atoms with E-state index in [4.69, 9.17) is 9.84 Å². The minimum atomic E-state index is -0.296. The molecule has 0 atom stereocenters. The number of nitrogens with one attached hydrogen (secondary N) is 2. The maximum atomic E-state index is 13.4. The van der Waals surface area contributed by atoms with Gasteiger partial charge in [0.2, 0.25) is 0 Å². The van der Waals surface area contributed by atoms with Gasteiger partial charge in [0.05, 0.1) is 17.9 Å². The van der Waals surface area contributed by atoms with Gasteiger partial charge in [0.1, 0.15) is 24.0 Å². The minimum Gasteiger partial charge on any atom is -0.492 e. The van der Waals surface area contributed by atoms with Crippen molar-refractivity contribution in [3.63, 3.8) is 0 Å². The summed E-state index contributed by atoms with van der Waals surface area (Å²) >= 11 is 1.88. The van der Waals surface area contributed by atoms with Gasteiger partial charge >= 0.3 is 6.03 Å². The fraction of sp³-hybridized carbons (Fsp3) is 0.400. The fourth-order valence-corrected chi connectivity index (χ4v) is 7.70. The molecule has 3 heterocycles. The number of thioether (sulfide) groups is 1. The van der Waals surface area contributed by atoms with Crippen LogP contribution in [0.1, 0.15) is 68.7 Å². The van der Waals surface area contributed by atoms with Crippen molar-refractivity contribution in [1.82, 2.24) is 29.4 Å². The summed E-state index contributed by atoms with van der Waals surface area (Å²) in [5, 5.41) is 20.3. The van der Waals surface area contributed by atoms with Gasteiger partial charge in [-0.2, -0.15) is 5.10 Å². The summed E-state index contributed by atoms with van der Waals surface area (Å²) in [5.74, 6) is 4.58.